The Balaban J connectivity index is 1.12. The van der Waals surface area contributed by atoms with Crippen LogP contribution in [0.2, 0.25) is 0 Å². The van der Waals surface area contributed by atoms with E-state index in [-0.39, 0.29) is 0 Å². The number of anilines is 3. The number of hydrogen-bond donors (Lipinski definition) is 0. The van der Waals surface area contributed by atoms with E-state index >= 15 is 0 Å². The normalized spacial score (nSPS) is 11.5. The number of hydrogen-bond acceptors (Lipinski definition) is 2. The molecule has 9 aromatic carbocycles. The zero-order valence-corrected chi connectivity index (χ0v) is 29.2. The molecule has 0 saturated carbocycles. The smallest absolute Gasteiger partial charge is 0.0554 e. The van der Waals surface area contributed by atoms with Gasteiger partial charge in [0.1, 0.15) is 0 Å². The highest BCUT2D eigenvalue weighted by Crippen LogP contribution is 2.46. The minimum Gasteiger partial charge on any atom is -0.310 e. The van der Waals surface area contributed by atoms with Gasteiger partial charge in [-0.05, 0) is 116 Å². The van der Waals surface area contributed by atoms with Crippen LogP contribution in [0, 0.1) is 0 Å². The highest BCUT2D eigenvalue weighted by atomic mass is 32.1. The maximum atomic E-state index is 2.44. The van der Waals surface area contributed by atoms with E-state index in [0.29, 0.717) is 0 Å². The van der Waals surface area contributed by atoms with Crippen molar-refractivity contribution in [3.05, 3.63) is 200 Å². The van der Waals surface area contributed by atoms with Gasteiger partial charge in [0.15, 0.2) is 0 Å². The topological polar surface area (TPSA) is 3.24 Å². The molecule has 0 amide bonds. The van der Waals surface area contributed by atoms with Crippen LogP contribution >= 0.6 is 11.3 Å². The lowest BCUT2D eigenvalue weighted by Gasteiger charge is -2.27. The minimum absolute atomic E-state index is 1.12. The van der Waals surface area contributed by atoms with E-state index in [1.807, 2.05) is 11.3 Å². The summed E-state index contributed by atoms with van der Waals surface area (Å²) in [7, 11) is 0. The molecule has 0 unspecified atom stereocenters. The van der Waals surface area contributed by atoms with E-state index in [2.05, 4.69) is 205 Å². The average Bonchev–Trinajstić information content (AvgIpc) is 3.60. The van der Waals surface area contributed by atoms with Crippen LogP contribution in [0.25, 0.3) is 75.1 Å². The molecule has 0 bridgehead atoms. The van der Waals surface area contributed by atoms with E-state index in [4.69, 9.17) is 0 Å². The van der Waals surface area contributed by atoms with Gasteiger partial charge in [0.25, 0.3) is 0 Å². The van der Waals surface area contributed by atoms with Gasteiger partial charge >= 0.3 is 0 Å². The lowest BCUT2D eigenvalue weighted by molar-refractivity contribution is 1.30. The first-order valence-corrected chi connectivity index (χ1v) is 18.6. The van der Waals surface area contributed by atoms with Crippen LogP contribution in [0.5, 0.6) is 0 Å². The molecule has 244 valence electrons. The fraction of sp³-hybridized carbons (Fsp3) is 0. The quantitative estimate of drug-likeness (QED) is 0.169. The minimum atomic E-state index is 1.12. The van der Waals surface area contributed by atoms with E-state index in [0.717, 1.165) is 11.4 Å². The van der Waals surface area contributed by atoms with Crippen molar-refractivity contribution in [3.8, 4) is 33.4 Å². The largest absolute Gasteiger partial charge is 0.310 e. The Kier molecular flexibility index (Phi) is 7.41. The average molecular weight is 680 g/mol. The van der Waals surface area contributed by atoms with Gasteiger partial charge < -0.3 is 4.90 Å². The number of nitrogens with zero attached hydrogens (tertiary/aromatic N) is 1. The van der Waals surface area contributed by atoms with Crippen LogP contribution in [-0.2, 0) is 0 Å². The third kappa shape index (κ3) is 5.42. The van der Waals surface area contributed by atoms with Gasteiger partial charge in [-0.3, -0.25) is 0 Å². The molecule has 1 aromatic heterocycles. The van der Waals surface area contributed by atoms with Crippen LogP contribution in [0.3, 0.4) is 0 Å². The number of benzene rings is 9. The van der Waals surface area contributed by atoms with E-state index < -0.39 is 0 Å². The maximum Gasteiger partial charge on any atom is 0.0554 e. The molecule has 10 aromatic rings. The van der Waals surface area contributed by atoms with Crippen molar-refractivity contribution >= 4 is 70.1 Å². The van der Waals surface area contributed by atoms with E-state index in [1.165, 1.54) is 80.8 Å². The second kappa shape index (κ2) is 12.7. The van der Waals surface area contributed by atoms with Crippen LogP contribution < -0.4 is 4.90 Å². The monoisotopic (exact) mass is 679 g/mol. The van der Waals surface area contributed by atoms with Crippen LogP contribution in [0.4, 0.5) is 17.1 Å². The first-order chi connectivity index (χ1) is 25.7. The van der Waals surface area contributed by atoms with Crippen molar-refractivity contribution in [2.75, 3.05) is 4.90 Å². The fourth-order valence-corrected chi connectivity index (χ4v) is 8.75. The summed E-state index contributed by atoms with van der Waals surface area (Å²) in [4.78, 5) is 2.44. The van der Waals surface area contributed by atoms with E-state index in [1.54, 1.807) is 0 Å². The second-order valence-corrected chi connectivity index (χ2v) is 14.5. The van der Waals surface area contributed by atoms with Crippen molar-refractivity contribution in [1.29, 1.82) is 0 Å². The van der Waals surface area contributed by atoms with Crippen molar-refractivity contribution < 1.29 is 0 Å². The Labute approximate surface area is 307 Å². The molecule has 52 heavy (non-hydrogen) atoms. The molecule has 0 aliphatic heterocycles. The zero-order valence-electron chi connectivity index (χ0n) is 28.4. The second-order valence-electron chi connectivity index (χ2n) is 13.4. The molecule has 0 aliphatic rings. The molecule has 1 heterocycles. The summed E-state index contributed by atoms with van der Waals surface area (Å²) in [5.74, 6) is 0. The molecule has 10 rings (SSSR count). The van der Waals surface area contributed by atoms with E-state index in [9.17, 15) is 0 Å². The van der Waals surface area contributed by atoms with Gasteiger partial charge in [0.2, 0.25) is 0 Å². The summed E-state index contributed by atoms with van der Waals surface area (Å²) in [6.07, 6.45) is 0. The van der Waals surface area contributed by atoms with Gasteiger partial charge in [0, 0.05) is 31.5 Å². The van der Waals surface area contributed by atoms with Crippen LogP contribution in [0.15, 0.2) is 200 Å². The Bertz CT molecular complexity index is 2920. The summed E-state index contributed by atoms with van der Waals surface area (Å²) in [6, 6.07) is 73.1. The molecule has 0 fully saturated rings. The van der Waals surface area contributed by atoms with Gasteiger partial charge in [-0.2, -0.15) is 0 Å². The van der Waals surface area contributed by atoms with Gasteiger partial charge in [-0.1, -0.05) is 140 Å². The standard InChI is InChI=1S/C50H33NS/c1-2-11-34(12-3-1)38-15-8-17-44(32-38)51(47-20-10-22-49-50(47)46-19-6-7-21-48(46)52-49)45-18-9-16-39(33-45)41-27-24-36-25-28-42(31-43(36)30-41)40-26-23-35-13-4-5-14-37(35)29-40/h1-33H. The Morgan fingerprint density at radius 2 is 0.808 bits per heavy atom. The number of rotatable bonds is 6. The number of fused-ring (bicyclic) bond motifs is 5. The summed E-state index contributed by atoms with van der Waals surface area (Å²) >= 11 is 1.86. The molecule has 0 atom stereocenters. The fourth-order valence-electron chi connectivity index (χ4n) is 7.62. The predicted molar refractivity (Wildman–Crippen MR) is 225 cm³/mol. The third-order valence-corrected chi connectivity index (χ3v) is 11.3. The molecule has 1 nitrogen and oxygen atoms in total. The molecule has 0 spiro atoms. The molecule has 0 radical (unpaired) electrons. The first kappa shape index (κ1) is 30.4. The lowest BCUT2D eigenvalue weighted by Crippen LogP contribution is -2.10. The van der Waals surface area contributed by atoms with Gasteiger partial charge in [-0.15, -0.1) is 11.3 Å². The lowest BCUT2D eigenvalue weighted by atomic mass is 9.96. The SMILES string of the molecule is c1ccc(-c2cccc(N(c3cccc(-c4ccc5ccc(-c6ccc7ccccc7c6)cc5c4)c3)c3cccc4sc5ccccc5c34)c2)cc1. The first-order valence-electron chi connectivity index (χ1n) is 17.7. The molecule has 2 heteroatoms. The summed E-state index contributed by atoms with van der Waals surface area (Å²) in [5.41, 5.74) is 10.7. The highest BCUT2D eigenvalue weighted by molar-refractivity contribution is 7.26. The summed E-state index contributed by atoms with van der Waals surface area (Å²) in [5, 5.41) is 7.56. The number of thiophene rings is 1. The molecule has 0 N–H and O–H groups in total. The highest BCUT2D eigenvalue weighted by Gasteiger charge is 2.19. The summed E-state index contributed by atoms with van der Waals surface area (Å²) in [6.45, 7) is 0. The Hall–Kier alpha value is -6.48. The maximum absolute atomic E-state index is 2.44. The Morgan fingerprint density at radius 1 is 0.308 bits per heavy atom. The molecule has 0 aliphatic carbocycles. The zero-order chi connectivity index (χ0) is 34.4. The molecular formula is C50H33NS. The van der Waals surface area contributed by atoms with Gasteiger partial charge in [0.05, 0.1) is 5.69 Å². The van der Waals surface area contributed by atoms with Crippen molar-refractivity contribution in [2.45, 2.75) is 0 Å². The molecular weight excluding hydrogens is 647 g/mol. The van der Waals surface area contributed by atoms with Crippen molar-refractivity contribution in [3.63, 3.8) is 0 Å². The summed E-state index contributed by atoms with van der Waals surface area (Å²) < 4.78 is 2.59. The molecule has 0 saturated heterocycles. The van der Waals surface area contributed by atoms with Crippen LogP contribution in [0.1, 0.15) is 0 Å². The van der Waals surface area contributed by atoms with Crippen molar-refractivity contribution in [2.24, 2.45) is 0 Å². The third-order valence-electron chi connectivity index (χ3n) is 10.2. The van der Waals surface area contributed by atoms with Gasteiger partial charge in [-0.25, -0.2) is 0 Å². The van der Waals surface area contributed by atoms with Crippen molar-refractivity contribution in [1.82, 2.24) is 0 Å². The van der Waals surface area contributed by atoms with Crippen LogP contribution in [-0.4, -0.2) is 0 Å². The predicted octanol–water partition coefficient (Wildman–Crippen LogP) is 14.8. The Morgan fingerprint density at radius 3 is 1.52 bits per heavy atom.